The van der Waals surface area contributed by atoms with Crippen molar-refractivity contribution in [2.75, 3.05) is 18.9 Å². The number of urea groups is 1. The lowest BCUT2D eigenvalue weighted by Crippen LogP contribution is -2.48. The van der Waals surface area contributed by atoms with E-state index in [-0.39, 0.29) is 18.0 Å². The van der Waals surface area contributed by atoms with E-state index >= 15 is 0 Å². The van der Waals surface area contributed by atoms with Gasteiger partial charge in [0.2, 0.25) is 11.8 Å². The second kappa shape index (κ2) is 9.76. The lowest BCUT2D eigenvalue weighted by atomic mass is 9.95. The molecular formula is C26H27F2N5O5. The van der Waals surface area contributed by atoms with Crippen molar-refractivity contribution in [2.24, 2.45) is 0 Å². The van der Waals surface area contributed by atoms with Gasteiger partial charge >= 0.3 is 6.03 Å². The van der Waals surface area contributed by atoms with E-state index in [1.807, 2.05) is 0 Å². The Morgan fingerprint density at radius 3 is 2.45 bits per heavy atom. The van der Waals surface area contributed by atoms with Crippen molar-refractivity contribution in [3.63, 3.8) is 0 Å². The van der Waals surface area contributed by atoms with Gasteiger partial charge in [-0.3, -0.25) is 25.0 Å². The van der Waals surface area contributed by atoms with E-state index in [2.05, 4.69) is 16.0 Å². The maximum absolute atomic E-state index is 13.8. The SMILES string of the molecule is CN1C(=O)NC(=O)[C@@]12Cc1ccc(NC(=O)CN(Cc3cc(F)cc(F)c3)C(=O)C3CCC(O)N3)cc1C2. The molecule has 38 heavy (non-hydrogen) atoms. The van der Waals surface area contributed by atoms with Crippen LogP contribution in [-0.4, -0.2) is 70.1 Å². The second-order valence-corrected chi connectivity index (χ2v) is 10.0. The van der Waals surface area contributed by atoms with E-state index in [9.17, 15) is 33.1 Å². The molecule has 4 N–H and O–H groups in total. The minimum atomic E-state index is -0.996. The number of amides is 5. The van der Waals surface area contributed by atoms with Crippen molar-refractivity contribution >= 4 is 29.4 Å². The summed E-state index contributed by atoms with van der Waals surface area (Å²) in [4.78, 5) is 53.2. The maximum Gasteiger partial charge on any atom is 0.324 e. The summed E-state index contributed by atoms with van der Waals surface area (Å²) in [7, 11) is 1.57. The number of benzene rings is 2. The number of carbonyl (C=O) groups is 4. The highest BCUT2D eigenvalue weighted by atomic mass is 19.1. The molecule has 0 radical (unpaired) electrons. The third kappa shape index (κ3) is 4.84. The number of imide groups is 1. The number of hydrogen-bond donors (Lipinski definition) is 4. The molecule has 2 heterocycles. The zero-order chi connectivity index (χ0) is 27.2. The number of fused-ring (bicyclic) bond motifs is 1. The molecule has 5 amide bonds. The number of anilines is 1. The molecule has 2 unspecified atom stereocenters. The van der Waals surface area contributed by atoms with E-state index in [0.29, 0.717) is 31.4 Å². The molecule has 2 fully saturated rings. The van der Waals surface area contributed by atoms with Crippen LogP contribution in [0.2, 0.25) is 0 Å². The third-order valence-corrected chi connectivity index (χ3v) is 7.41. The number of aliphatic hydroxyl groups is 1. The summed E-state index contributed by atoms with van der Waals surface area (Å²) in [6.45, 7) is -0.608. The molecule has 0 bridgehead atoms. The lowest BCUT2D eigenvalue weighted by molar-refractivity contribution is -0.137. The van der Waals surface area contributed by atoms with Gasteiger partial charge in [0.25, 0.3) is 5.91 Å². The maximum atomic E-state index is 13.8. The van der Waals surface area contributed by atoms with E-state index < -0.39 is 53.8 Å². The summed E-state index contributed by atoms with van der Waals surface area (Å²) in [5.74, 6) is -2.97. The number of halogens is 2. The van der Waals surface area contributed by atoms with Crippen molar-refractivity contribution in [2.45, 2.75) is 50.0 Å². The van der Waals surface area contributed by atoms with Crippen LogP contribution in [0.15, 0.2) is 36.4 Å². The van der Waals surface area contributed by atoms with Crippen molar-refractivity contribution in [3.8, 4) is 0 Å². The predicted molar refractivity (Wildman–Crippen MR) is 130 cm³/mol. The fourth-order valence-corrected chi connectivity index (χ4v) is 5.42. The van der Waals surface area contributed by atoms with Crippen molar-refractivity contribution in [3.05, 3.63) is 64.7 Å². The molecule has 200 valence electrons. The first kappa shape index (κ1) is 25.7. The van der Waals surface area contributed by atoms with Crippen LogP contribution in [0.25, 0.3) is 0 Å². The van der Waals surface area contributed by atoms with Gasteiger partial charge < -0.3 is 20.2 Å². The van der Waals surface area contributed by atoms with Crippen molar-refractivity contribution in [1.82, 2.24) is 20.4 Å². The minimum absolute atomic E-state index is 0.179. The Labute approximate surface area is 217 Å². The highest BCUT2D eigenvalue weighted by molar-refractivity contribution is 6.07. The van der Waals surface area contributed by atoms with Gasteiger partial charge in [-0.05, 0) is 53.8 Å². The predicted octanol–water partition coefficient (Wildman–Crippen LogP) is 1.02. The first-order valence-electron chi connectivity index (χ1n) is 12.2. The van der Waals surface area contributed by atoms with Gasteiger partial charge in [0.15, 0.2) is 0 Å². The smallest absolute Gasteiger partial charge is 0.324 e. The largest absolute Gasteiger partial charge is 0.379 e. The molecule has 2 aromatic carbocycles. The Morgan fingerprint density at radius 1 is 1.11 bits per heavy atom. The summed E-state index contributed by atoms with van der Waals surface area (Å²) in [5, 5.41) is 17.6. The molecule has 0 aromatic heterocycles. The molecule has 2 saturated heterocycles. The van der Waals surface area contributed by atoms with Gasteiger partial charge in [0, 0.05) is 38.2 Å². The highest BCUT2D eigenvalue weighted by Crippen LogP contribution is 2.38. The first-order chi connectivity index (χ1) is 18.0. The van der Waals surface area contributed by atoms with E-state index in [1.54, 1.807) is 25.2 Å². The number of nitrogens with zero attached hydrogens (tertiary/aromatic N) is 2. The van der Waals surface area contributed by atoms with Gasteiger partial charge in [0.05, 0.1) is 6.04 Å². The van der Waals surface area contributed by atoms with Crippen LogP contribution in [0.4, 0.5) is 19.3 Å². The lowest BCUT2D eigenvalue weighted by Gasteiger charge is -2.27. The monoisotopic (exact) mass is 527 g/mol. The minimum Gasteiger partial charge on any atom is -0.379 e. The molecule has 1 aliphatic carbocycles. The molecule has 2 aromatic rings. The molecule has 3 aliphatic rings. The number of hydrogen-bond acceptors (Lipinski definition) is 6. The molecule has 5 rings (SSSR count). The summed E-state index contributed by atoms with van der Waals surface area (Å²) in [6, 6.07) is 6.91. The average molecular weight is 528 g/mol. The Bertz CT molecular complexity index is 1320. The fourth-order valence-electron chi connectivity index (χ4n) is 5.42. The van der Waals surface area contributed by atoms with Gasteiger partial charge in [-0.2, -0.15) is 0 Å². The summed E-state index contributed by atoms with van der Waals surface area (Å²) >= 11 is 0. The number of likely N-dealkylation sites (N-methyl/N-ethyl adjacent to an activating group) is 1. The van der Waals surface area contributed by atoms with Crippen LogP contribution in [0.1, 0.15) is 29.5 Å². The fraction of sp³-hybridized carbons (Fsp3) is 0.385. The van der Waals surface area contributed by atoms with E-state index in [0.717, 1.165) is 29.3 Å². The topological polar surface area (TPSA) is 131 Å². The molecule has 10 nitrogen and oxygen atoms in total. The molecule has 2 aliphatic heterocycles. The Morgan fingerprint density at radius 2 is 1.82 bits per heavy atom. The Balaban J connectivity index is 1.30. The van der Waals surface area contributed by atoms with Crippen LogP contribution in [-0.2, 0) is 33.8 Å². The second-order valence-electron chi connectivity index (χ2n) is 10.0. The highest BCUT2D eigenvalue weighted by Gasteiger charge is 2.54. The van der Waals surface area contributed by atoms with E-state index in [4.69, 9.17) is 0 Å². The van der Waals surface area contributed by atoms with Crippen LogP contribution in [0.5, 0.6) is 0 Å². The first-order valence-corrected chi connectivity index (χ1v) is 12.2. The molecule has 0 saturated carbocycles. The summed E-state index contributed by atoms with van der Waals surface area (Å²) < 4.78 is 27.5. The Kier molecular flexibility index (Phi) is 6.61. The van der Waals surface area contributed by atoms with Gasteiger partial charge in [0.1, 0.15) is 29.9 Å². The van der Waals surface area contributed by atoms with Gasteiger partial charge in [-0.25, -0.2) is 13.6 Å². The van der Waals surface area contributed by atoms with E-state index in [1.165, 1.54) is 9.80 Å². The van der Waals surface area contributed by atoms with Gasteiger partial charge in [-0.15, -0.1) is 0 Å². The number of nitrogens with one attached hydrogen (secondary N) is 3. The van der Waals surface area contributed by atoms with Crippen LogP contribution >= 0.6 is 0 Å². The third-order valence-electron chi connectivity index (χ3n) is 7.41. The summed E-state index contributed by atoms with van der Waals surface area (Å²) in [5.41, 5.74) is 1.32. The average Bonchev–Trinajstić information content (AvgIpc) is 3.50. The summed E-state index contributed by atoms with van der Waals surface area (Å²) in [6.07, 6.45) is 0.521. The zero-order valence-electron chi connectivity index (χ0n) is 20.6. The Hall–Kier alpha value is -3.90. The number of carbonyl (C=O) groups excluding carboxylic acids is 4. The molecular weight excluding hydrogens is 500 g/mol. The zero-order valence-corrected chi connectivity index (χ0v) is 20.6. The van der Waals surface area contributed by atoms with Crippen molar-refractivity contribution < 1.29 is 33.1 Å². The van der Waals surface area contributed by atoms with Crippen molar-refractivity contribution in [1.29, 1.82) is 0 Å². The molecule has 12 heteroatoms. The number of rotatable bonds is 6. The van der Waals surface area contributed by atoms with Crippen LogP contribution < -0.4 is 16.0 Å². The molecule has 3 atom stereocenters. The standard InChI is InChI=1S/C26H27F2N5O5/c1-32-25(38)31-24(37)26(32)10-15-2-3-19(8-16(15)11-26)29-22(35)13-33(23(36)20-4-5-21(34)30-20)12-14-6-17(27)9-18(28)7-14/h2-3,6-9,20-21,30,34H,4-5,10-13H2,1H3,(H,29,35)(H,31,37,38)/t20?,21?,26-/m0/s1. The van der Waals surface area contributed by atoms with Crippen LogP contribution in [0, 0.1) is 11.6 Å². The normalized spacial score (nSPS) is 24.1. The quantitative estimate of drug-likeness (QED) is 0.415. The van der Waals surface area contributed by atoms with Gasteiger partial charge in [-0.1, -0.05) is 6.07 Å². The molecule has 1 spiro atoms. The number of aliphatic hydroxyl groups excluding tert-OH is 1. The van der Waals surface area contributed by atoms with Crippen LogP contribution in [0.3, 0.4) is 0 Å².